The number of carbonyl (C=O) groups excluding carboxylic acids is 2. The van der Waals surface area contributed by atoms with E-state index >= 15 is 0 Å². The van der Waals surface area contributed by atoms with Crippen LogP contribution in [0.1, 0.15) is 12.1 Å². The Morgan fingerprint density at radius 3 is 3.04 bits per heavy atom. The number of hydrogen-bond acceptors (Lipinski definition) is 6. The number of hydrogen-bond donors (Lipinski definition) is 2. The van der Waals surface area contributed by atoms with Crippen molar-refractivity contribution in [1.82, 2.24) is 15.2 Å². The van der Waals surface area contributed by atoms with Gasteiger partial charge in [-0.2, -0.15) is 0 Å². The lowest BCUT2D eigenvalue weighted by atomic mass is 10.1. The van der Waals surface area contributed by atoms with Crippen LogP contribution in [0, 0.1) is 0 Å². The largest absolute Gasteiger partial charge is 0.506 e. The van der Waals surface area contributed by atoms with Crippen molar-refractivity contribution in [3.63, 3.8) is 0 Å². The van der Waals surface area contributed by atoms with Gasteiger partial charge in [-0.15, -0.1) is 0 Å². The average Bonchev–Trinajstić information content (AvgIpc) is 2.58. The summed E-state index contributed by atoms with van der Waals surface area (Å²) in [7, 11) is 1.31. The normalized spacial score (nSPS) is 18.4. The van der Waals surface area contributed by atoms with Gasteiger partial charge in [-0.1, -0.05) is 18.2 Å². The van der Waals surface area contributed by atoms with Gasteiger partial charge >= 0.3 is 5.97 Å². The lowest BCUT2D eigenvalue weighted by Crippen LogP contribution is -2.55. The highest BCUT2D eigenvalue weighted by Gasteiger charge is 2.32. The first-order valence-corrected chi connectivity index (χ1v) is 7.74. The molecule has 2 aromatic rings. The van der Waals surface area contributed by atoms with Crippen LogP contribution < -0.4 is 5.32 Å². The van der Waals surface area contributed by atoms with Crippen LogP contribution in [0.25, 0.3) is 10.9 Å². The number of nitrogens with zero attached hydrogens (tertiary/aromatic N) is 2. The molecule has 2 heterocycles. The Morgan fingerprint density at radius 1 is 1.42 bits per heavy atom. The minimum Gasteiger partial charge on any atom is -0.506 e. The Bertz CT molecular complexity index is 778. The molecule has 1 aliphatic rings. The minimum absolute atomic E-state index is 0.00116. The molecule has 126 valence electrons. The number of esters is 1. The number of methoxy groups -OCH3 is 1. The fraction of sp³-hybridized carbons (Fsp3) is 0.353. The number of fused-ring (bicyclic) bond motifs is 1. The summed E-state index contributed by atoms with van der Waals surface area (Å²) in [6.07, 6.45) is 0.00116. The van der Waals surface area contributed by atoms with Gasteiger partial charge in [-0.05, 0) is 12.1 Å². The summed E-state index contributed by atoms with van der Waals surface area (Å²) in [5.74, 6) is -0.488. The SMILES string of the molecule is COC(=O)C[C@@H]1C(=O)NCCN1Cc1ccc2cccc(O)c2n1. The maximum absolute atomic E-state index is 12.1. The summed E-state index contributed by atoms with van der Waals surface area (Å²) in [5, 5.41) is 13.6. The monoisotopic (exact) mass is 329 g/mol. The van der Waals surface area contributed by atoms with Crippen molar-refractivity contribution in [2.45, 2.75) is 19.0 Å². The summed E-state index contributed by atoms with van der Waals surface area (Å²) < 4.78 is 4.68. The molecule has 7 heteroatoms. The van der Waals surface area contributed by atoms with Crippen LogP contribution in [0.15, 0.2) is 30.3 Å². The number of ether oxygens (including phenoxy) is 1. The highest BCUT2D eigenvalue weighted by Crippen LogP contribution is 2.23. The van der Waals surface area contributed by atoms with E-state index in [0.717, 1.165) is 11.1 Å². The van der Waals surface area contributed by atoms with Gasteiger partial charge in [0.1, 0.15) is 17.3 Å². The number of piperazine rings is 1. The summed E-state index contributed by atoms with van der Waals surface area (Å²) in [6, 6.07) is 8.40. The minimum atomic E-state index is -0.576. The Balaban J connectivity index is 1.83. The van der Waals surface area contributed by atoms with E-state index in [9.17, 15) is 14.7 Å². The van der Waals surface area contributed by atoms with E-state index in [1.165, 1.54) is 7.11 Å². The van der Waals surface area contributed by atoms with Gasteiger partial charge < -0.3 is 15.2 Å². The molecule has 0 radical (unpaired) electrons. The van der Waals surface area contributed by atoms with Crippen LogP contribution >= 0.6 is 0 Å². The number of rotatable bonds is 4. The van der Waals surface area contributed by atoms with Gasteiger partial charge in [0, 0.05) is 25.0 Å². The van der Waals surface area contributed by atoms with Crippen molar-refractivity contribution in [3.8, 4) is 5.75 Å². The molecular formula is C17H19N3O4. The predicted octanol–water partition coefficient (Wildman–Crippen LogP) is 0.804. The van der Waals surface area contributed by atoms with Gasteiger partial charge in [0.15, 0.2) is 0 Å². The average molecular weight is 329 g/mol. The zero-order valence-electron chi connectivity index (χ0n) is 13.4. The molecule has 1 aromatic carbocycles. The van der Waals surface area contributed by atoms with Crippen LogP contribution in [0.2, 0.25) is 0 Å². The smallest absolute Gasteiger partial charge is 0.307 e. The van der Waals surface area contributed by atoms with Crippen molar-refractivity contribution in [2.24, 2.45) is 0 Å². The molecular weight excluding hydrogens is 310 g/mol. The van der Waals surface area contributed by atoms with Crippen molar-refractivity contribution < 1.29 is 19.4 Å². The van der Waals surface area contributed by atoms with Gasteiger partial charge in [-0.3, -0.25) is 14.5 Å². The molecule has 1 amide bonds. The molecule has 1 atom stereocenters. The topological polar surface area (TPSA) is 91.8 Å². The Labute approximate surface area is 139 Å². The van der Waals surface area contributed by atoms with Crippen LogP contribution in [-0.4, -0.2) is 53.1 Å². The van der Waals surface area contributed by atoms with Gasteiger partial charge in [-0.25, -0.2) is 4.98 Å². The first-order valence-electron chi connectivity index (χ1n) is 7.74. The molecule has 0 aliphatic carbocycles. The summed E-state index contributed by atoms with van der Waals surface area (Å²) >= 11 is 0. The summed E-state index contributed by atoms with van der Waals surface area (Å²) in [5.41, 5.74) is 1.26. The van der Waals surface area contributed by atoms with Crippen LogP contribution in [0.4, 0.5) is 0 Å². The number of nitrogens with one attached hydrogen (secondary N) is 1. The number of aromatic nitrogens is 1. The number of para-hydroxylation sites is 1. The fourth-order valence-corrected chi connectivity index (χ4v) is 2.88. The molecule has 1 aliphatic heterocycles. The van der Waals surface area contributed by atoms with Crippen LogP contribution in [-0.2, 0) is 20.9 Å². The van der Waals surface area contributed by atoms with Crippen molar-refractivity contribution in [3.05, 3.63) is 36.0 Å². The summed E-state index contributed by atoms with van der Waals surface area (Å²) in [6.45, 7) is 1.56. The first kappa shape index (κ1) is 16.2. The molecule has 0 saturated carbocycles. The zero-order chi connectivity index (χ0) is 17.1. The molecule has 1 aromatic heterocycles. The number of pyridine rings is 1. The highest BCUT2D eigenvalue weighted by atomic mass is 16.5. The number of aromatic hydroxyl groups is 1. The molecule has 24 heavy (non-hydrogen) atoms. The Hall–Kier alpha value is -2.67. The maximum Gasteiger partial charge on any atom is 0.307 e. The van der Waals surface area contributed by atoms with E-state index < -0.39 is 12.0 Å². The van der Waals surface area contributed by atoms with E-state index in [1.807, 2.05) is 23.1 Å². The molecule has 0 spiro atoms. The first-order chi connectivity index (χ1) is 11.6. The van der Waals surface area contributed by atoms with Crippen molar-refractivity contribution in [1.29, 1.82) is 0 Å². The molecule has 2 N–H and O–H groups in total. The second-order valence-corrected chi connectivity index (χ2v) is 5.71. The molecule has 0 bridgehead atoms. The molecule has 0 unspecified atom stereocenters. The molecule has 3 rings (SSSR count). The lowest BCUT2D eigenvalue weighted by Gasteiger charge is -2.34. The third-order valence-corrected chi connectivity index (χ3v) is 4.15. The Morgan fingerprint density at radius 2 is 2.25 bits per heavy atom. The van der Waals surface area contributed by atoms with Crippen LogP contribution in [0.3, 0.4) is 0 Å². The van der Waals surface area contributed by atoms with Gasteiger partial charge in [0.25, 0.3) is 0 Å². The number of carbonyl (C=O) groups is 2. The van der Waals surface area contributed by atoms with Crippen molar-refractivity contribution >= 4 is 22.8 Å². The molecule has 1 fully saturated rings. The third kappa shape index (κ3) is 3.30. The van der Waals surface area contributed by atoms with Crippen molar-refractivity contribution in [2.75, 3.05) is 20.2 Å². The van der Waals surface area contributed by atoms with E-state index in [4.69, 9.17) is 0 Å². The number of phenols is 1. The van der Waals surface area contributed by atoms with Crippen LogP contribution in [0.5, 0.6) is 5.75 Å². The van der Waals surface area contributed by atoms with E-state index in [0.29, 0.717) is 25.2 Å². The van der Waals surface area contributed by atoms with E-state index in [-0.39, 0.29) is 18.1 Å². The van der Waals surface area contributed by atoms with E-state index in [1.54, 1.807) is 12.1 Å². The van der Waals surface area contributed by atoms with Gasteiger partial charge in [0.2, 0.25) is 5.91 Å². The second-order valence-electron chi connectivity index (χ2n) is 5.71. The second kappa shape index (κ2) is 6.84. The number of benzene rings is 1. The zero-order valence-corrected chi connectivity index (χ0v) is 13.4. The maximum atomic E-state index is 12.1. The number of amides is 1. The molecule has 1 saturated heterocycles. The summed E-state index contributed by atoms with van der Waals surface area (Å²) in [4.78, 5) is 30.1. The lowest BCUT2D eigenvalue weighted by molar-refractivity contribution is -0.146. The highest BCUT2D eigenvalue weighted by molar-refractivity contribution is 5.87. The Kier molecular flexibility index (Phi) is 4.61. The fourth-order valence-electron chi connectivity index (χ4n) is 2.88. The predicted molar refractivity (Wildman–Crippen MR) is 87.2 cm³/mol. The van der Waals surface area contributed by atoms with E-state index in [2.05, 4.69) is 15.0 Å². The quantitative estimate of drug-likeness (QED) is 0.807. The number of phenolic OH excluding ortho intramolecular Hbond substituents is 1. The third-order valence-electron chi connectivity index (χ3n) is 4.15. The van der Waals surface area contributed by atoms with Gasteiger partial charge in [0.05, 0.1) is 19.2 Å². The standard InChI is InChI=1S/C17H19N3O4/c1-24-15(22)9-13-17(23)18-7-8-20(13)10-12-6-5-11-3-2-4-14(21)16(11)19-12/h2-6,13,21H,7-10H2,1H3,(H,18,23)/t13-/m1/s1. The molecule has 7 nitrogen and oxygen atoms in total.